The lowest BCUT2D eigenvalue weighted by molar-refractivity contribution is 0.0979. The topological polar surface area (TPSA) is 37.3 Å². The Hall–Kier alpha value is -2.35. The van der Waals surface area contributed by atoms with Gasteiger partial charge in [-0.3, -0.25) is 4.79 Å². The molecule has 0 fully saturated rings. The van der Waals surface area contributed by atoms with Crippen LogP contribution >= 0.6 is 0 Å². The molecule has 0 radical (unpaired) electrons. The maximum Gasteiger partial charge on any atom is 0.227 e. The zero-order valence-electron chi connectivity index (χ0n) is 22.6. The van der Waals surface area contributed by atoms with Crippen LogP contribution < -0.4 is 0 Å². The molecule has 2 heteroatoms. The maximum absolute atomic E-state index is 13.7. The van der Waals surface area contributed by atoms with Crippen molar-refractivity contribution in [2.45, 2.75) is 111 Å². The van der Waals surface area contributed by atoms with E-state index < -0.39 is 0 Å². The van der Waals surface area contributed by atoms with Crippen molar-refractivity contribution in [3.63, 3.8) is 0 Å². The van der Waals surface area contributed by atoms with E-state index in [9.17, 15) is 9.90 Å². The average molecular weight is 463 g/mol. The summed E-state index contributed by atoms with van der Waals surface area (Å²) in [5.74, 6) is 0.614. The molecule has 2 nitrogen and oxygen atoms in total. The van der Waals surface area contributed by atoms with Crippen LogP contribution in [0.25, 0.3) is 6.08 Å². The second-order valence-corrected chi connectivity index (χ2v) is 10.1. The standard InChI is InChI=1S/C32H46O2/c1-8-13-22(5)27-19-18-25(11-4)20-26(27)21-30(33)32(34)29-17-12-16-28(23(6)14-9-2)31(29)24(7)15-10-3/h12,16-24,33H,8-11,13-15H2,1-7H3. The second-order valence-electron chi connectivity index (χ2n) is 10.1. The molecule has 2 rings (SSSR count). The molecule has 186 valence electrons. The normalized spacial score (nSPS) is 14.6. The van der Waals surface area contributed by atoms with E-state index in [1.165, 1.54) is 16.7 Å². The van der Waals surface area contributed by atoms with Crippen molar-refractivity contribution in [3.05, 3.63) is 75.5 Å². The molecule has 3 unspecified atom stereocenters. The van der Waals surface area contributed by atoms with Crippen molar-refractivity contribution in [2.75, 3.05) is 0 Å². The average Bonchev–Trinajstić information content (AvgIpc) is 2.83. The van der Waals surface area contributed by atoms with Gasteiger partial charge in [-0.05, 0) is 77.3 Å². The fourth-order valence-corrected chi connectivity index (χ4v) is 5.28. The van der Waals surface area contributed by atoms with Crippen molar-refractivity contribution < 1.29 is 9.90 Å². The number of aliphatic hydroxyl groups excluding tert-OH is 1. The molecule has 0 saturated carbocycles. The summed E-state index contributed by atoms with van der Waals surface area (Å²) in [6, 6.07) is 12.5. The van der Waals surface area contributed by atoms with Gasteiger partial charge in [-0.2, -0.15) is 0 Å². The fourth-order valence-electron chi connectivity index (χ4n) is 5.28. The van der Waals surface area contributed by atoms with Gasteiger partial charge in [0.15, 0.2) is 5.76 Å². The van der Waals surface area contributed by atoms with Gasteiger partial charge in [-0.25, -0.2) is 0 Å². The van der Waals surface area contributed by atoms with E-state index >= 15 is 0 Å². The highest BCUT2D eigenvalue weighted by molar-refractivity contribution is 6.10. The maximum atomic E-state index is 13.7. The van der Waals surface area contributed by atoms with Crippen LogP contribution in [-0.2, 0) is 6.42 Å². The van der Waals surface area contributed by atoms with E-state index in [-0.39, 0.29) is 17.5 Å². The third-order valence-corrected chi connectivity index (χ3v) is 7.19. The van der Waals surface area contributed by atoms with Crippen molar-refractivity contribution in [1.82, 2.24) is 0 Å². The number of hydrogen-bond acceptors (Lipinski definition) is 2. The molecule has 0 aliphatic rings. The lowest BCUT2D eigenvalue weighted by atomic mass is 9.81. The molecule has 0 heterocycles. The number of rotatable bonds is 13. The van der Waals surface area contributed by atoms with Crippen molar-refractivity contribution in [3.8, 4) is 0 Å². The number of benzene rings is 2. The second kappa shape index (κ2) is 13.5. The Labute approximate surface area is 208 Å². The highest BCUT2D eigenvalue weighted by Crippen LogP contribution is 2.35. The van der Waals surface area contributed by atoms with E-state index in [4.69, 9.17) is 0 Å². The lowest BCUT2D eigenvalue weighted by Crippen LogP contribution is -2.13. The minimum atomic E-state index is -0.264. The minimum absolute atomic E-state index is 0.163. The van der Waals surface area contributed by atoms with Crippen LogP contribution in [0.15, 0.2) is 42.2 Å². The molecule has 0 saturated heterocycles. The van der Waals surface area contributed by atoms with E-state index in [1.807, 2.05) is 12.1 Å². The van der Waals surface area contributed by atoms with Crippen LogP contribution in [0.3, 0.4) is 0 Å². The van der Waals surface area contributed by atoms with Crippen LogP contribution in [0.5, 0.6) is 0 Å². The SMILES string of the molecule is CCCC(C)c1ccc(CC)cc1C=C(O)C(=O)c1cccc(C(C)CCC)c1C(C)CCC. The molecule has 0 aliphatic carbocycles. The Kier molecular flexibility index (Phi) is 11.1. The third-order valence-electron chi connectivity index (χ3n) is 7.19. The number of carbonyl (C=O) groups excluding carboxylic acids is 1. The molecule has 34 heavy (non-hydrogen) atoms. The van der Waals surface area contributed by atoms with Gasteiger partial charge in [0.2, 0.25) is 5.78 Å². The Morgan fingerprint density at radius 2 is 1.41 bits per heavy atom. The minimum Gasteiger partial charge on any atom is -0.504 e. The first-order valence-corrected chi connectivity index (χ1v) is 13.5. The van der Waals surface area contributed by atoms with Gasteiger partial charge in [0.1, 0.15) is 0 Å². The van der Waals surface area contributed by atoms with Gasteiger partial charge in [0, 0.05) is 5.56 Å². The fraction of sp³-hybridized carbons (Fsp3) is 0.531. The summed E-state index contributed by atoms with van der Waals surface area (Å²) < 4.78 is 0. The molecule has 0 amide bonds. The Bertz CT molecular complexity index is 969. The van der Waals surface area contributed by atoms with E-state index in [2.05, 4.69) is 72.7 Å². The molecular formula is C32H46O2. The van der Waals surface area contributed by atoms with Crippen molar-refractivity contribution >= 4 is 11.9 Å². The number of aliphatic hydroxyl groups is 1. The number of Topliss-reactive ketones (excluding diaryl/α,β-unsaturated/α-hetero) is 1. The Balaban J connectivity index is 2.58. The predicted molar refractivity (Wildman–Crippen MR) is 147 cm³/mol. The number of ketones is 1. The van der Waals surface area contributed by atoms with Gasteiger partial charge < -0.3 is 5.11 Å². The van der Waals surface area contributed by atoms with Gasteiger partial charge in [0.05, 0.1) is 0 Å². The molecule has 0 aliphatic heterocycles. The summed E-state index contributed by atoms with van der Waals surface area (Å²) in [5, 5.41) is 11.1. The van der Waals surface area contributed by atoms with Gasteiger partial charge in [-0.1, -0.05) is 104 Å². The number of aryl methyl sites for hydroxylation is 1. The zero-order valence-corrected chi connectivity index (χ0v) is 22.6. The smallest absolute Gasteiger partial charge is 0.227 e. The molecule has 2 aromatic rings. The van der Waals surface area contributed by atoms with Crippen LogP contribution in [0.1, 0.15) is 143 Å². The number of allylic oxidation sites excluding steroid dienone is 1. The molecule has 1 N–H and O–H groups in total. The summed E-state index contributed by atoms with van der Waals surface area (Å²) >= 11 is 0. The first-order valence-electron chi connectivity index (χ1n) is 13.5. The van der Waals surface area contributed by atoms with E-state index in [1.54, 1.807) is 6.08 Å². The highest BCUT2D eigenvalue weighted by Gasteiger charge is 2.24. The Morgan fingerprint density at radius 3 is 2.00 bits per heavy atom. The summed E-state index contributed by atoms with van der Waals surface area (Å²) in [6.07, 6.45) is 9.11. The largest absolute Gasteiger partial charge is 0.504 e. The van der Waals surface area contributed by atoms with Gasteiger partial charge in [0.25, 0.3) is 0 Å². The van der Waals surface area contributed by atoms with Gasteiger partial charge in [-0.15, -0.1) is 0 Å². The molecule has 0 spiro atoms. The summed E-state index contributed by atoms with van der Waals surface area (Å²) in [5.41, 5.74) is 6.41. The van der Waals surface area contributed by atoms with Gasteiger partial charge >= 0.3 is 0 Å². The molecular weight excluding hydrogens is 416 g/mol. The van der Waals surface area contributed by atoms with Crippen LogP contribution in [-0.4, -0.2) is 10.9 Å². The van der Waals surface area contributed by atoms with E-state index in [0.717, 1.165) is 56.1 Å². The number of carbonyl (C=O) groups is 1. The van der Waals surface area contributed by atoms with E-state index in [0.29, 0.717) is 17.4 Å². The number of hydrogen-bond donors (Lipinski definition) is 1. The lowest BCUT2D eigenvalue weighted by Gasteiger charge is -2.23. The first-order chi connectivity index (χ1) is 16.3. The van der Waals surface area contributed by atoms with Crippen LogP contribution in [0, 0.1) is 0 Å². The zero-order chi connectivity index (χ0) is 25.3. The Morgan fingerprint density at radius 1 is 0.824 bits per heavy atom. The highest BCUT2D eigenvalue weighted by atomic mass is 16.3. The third kappa shape index (κ3) is 6.84. The molecule has 0 aromatic heterocycles. The first kappa shape index (κ1) is 27.9. The predicted octanol–water partition coefficient (Wildman–Crippen LogP) is 9.74. The van der Waals surface area contributed by atoms with Crippen LogP contribution in [0.2, 0.25) is 0 Å². The molecule has 2 aromatic carbocycles. The summed E-state index contributed by atoms with van der Waals surface area (Å²) in [7, 11) is 0. The molecule has 3 atom stereocenters. The molecule has 0 bridgehead atoms. The quantitative estimate of drug-likeness (QED) is 0.183. The van der Waals surface area contributed by atoms with Crippen molar-refractivity contribution in [1.29, 1.82) is 0 Å². The summed E-state index contributed by atoms with van der Waals surface area (Å²) in [4.78, 5) is 13.7. The summed E-state index contributed by atoms with van der Waals surface area (Å²) in [6.45, 7) is 15.4. The monoisotopic (exact) mass is 462 g/mol. The van der Waals surface area contributed by atoms with Crippen LogP contribution in [0.4, 0.5) is 0 Å². The van der Waals surface area contributed by atoms with Crippen molar-refractivity contribution in [2.24, 2.45) is 0 Å².